The van der Waals surface area contributed by atoms with Crippen LogP contribution >= 0.6 is 22.9 Å². The second-order valence-corrected chi connectivity index (χ2v) is 7.12. The van der Waals surface area contributed by atoms with E-state index < -0.39 is 0 Å². The lowest BCUT2D eigenvalue weighted by molar-refractivity contribution is 0.312. The summed E-state index contributed by atoms with van der Waals surface area (Å²) in [6.07, 6.45) is 1.68. The zero-order valence-corrected chi connectivity index (χ0v) is 14.4. The average molecular weight is 345 g/mol. The molecule has 0 saturated carbocycles. The minimum Gasteiger partial charge on any atom is -0.353 e. The molecule has 23 heavy (non-hydrogen) atoms. The molecule has 0 spiro atoms. The predicted octanol–water partition coefficient (Wildman–Crippen LogP) is 3.76. The maximum Gasteiger partial charge on any atom is 0.141 e. The molecule has 1 fully saturated rings. The molecule has 4 rings (SSSR count). The van der Waals surface area contributed by atoms with E-state index in [4.69, 9.17) is 11.6 Å². The van der Waals surface area contributed by atoms with Crippen LogP contribution in [-0.4, -0.2) is 48.1 Å². The quantitative estimate of drug-likeness (QED) is 0.708. The Morgan fingerprint density at radius 3 is 2.52 bits per heavy atom. The van der Waals surface area contributed by atoms with Crippen molar-refractivity contribution >= 4 is 39.0 Å². The van der Waals surface area contributed by atoms with Crippen molar-refractivity contribution < 1.29 is 0 Å². The molecule has 6 heteroatoms. The van der Waals surface area contributed by atoms with Gasteiger partial charge in [0.25, 0.3) is 0 Å². The van der Waals surface area contributed by atoms with Crippen molar-refractivity contribution in [3.63, 3.8) is 0 Å². The van der Waals surface area contributed by atoms with Crippen LogP contribution in [0.1, 0.15) is 0 Å². The minimum atomic E-state index is 0.754. The highest BCUT2D eigenvalue weighted by Gasteiger charge is 2.20. The molecule has 1 aliphatic rings. The summed E-state index contributed by atoms with van der Waals surface area (Å²) in [6, 6.07) is 7.98. The maximum absolute atomic E-state index is 6.02. The third-order valence-electron chi connectivity index (χ3n) is 4.31. The van der Waals surface area contributed by atoms with Gasteiger partial charge in [-0.1, -0.05) is 23.7 Å². The van der Waals surface area contributed by atoms with Gasteiger partial charge in [0.1, 0.15) is 17.0 Å². The highest BCUT2D eigenvalue weighted by Crippen LogP contribution is 2.38. The molecule has 0 bridgehead atoms. The average Bonchev–Trinajstić information content (AvgIpc) is 3.00. The van der Waals surface area contributed by atoms with Gasteiger partial charge in [-0.05, 0) is 24.7 Å². The van der Waals surface area contributed by atoms with Gasteiger partial charge in [-0.2, -0.15) is 0 Å². The topological polar surface area (TPSA) is 32.3 Å². The lowest BCUT2D eigenvalue weighted by Gasteiger charge is -2.33. The number of nitrogens with zero attached hydrogens (tertiary/aromatic N) is 4. The van der Waals surface area contributed by atoms with Crippen molar-refractivity contribution in [2.75, 3.05) is 38.1 Å². The molecule has 0 radical (unpaired) electrons. The van der Waals surface area contributed by atoms with Crippen LogP contribution in [0.4, 0.5) is 5.82 Å². The monoisotopic (exact) mass is 344 g/mol. The van der Waals surface area contributed by atoms with E-state index in [1.165, 1.54) is 5.56 Å². The zero-order chi connectivity index (χ0) is 15.8. The molecule has 3 heterocycles. The molecule has 0 aliphatic carbocycles. The number of aromatic nitrogens is 2. The largest absolute Gasteiger partial charge is 0.353 e. The number of likely N-dealkylation sites (N-methyl/N-ethyl adjacent to an activating group) is 1. The molecule has 2 aromatic heterocycles. The number of hydrogen-bond acceptors (Lipinski definition) is 5. The minimum absolute atomic E-state index is 0.754. The Morgan fingerprint density at radius 2 is 1.78 bits per heavy atom. The molecular weight excluding hydrogens is 328 g/mol. The van der Waals surface area contributed by atoms with Crippen LogP contribution in [0.2, 0.25) is 5.02 Å². The van der Waals surface area contributed by atoms with E-state index in [9.17, 15) is 0 Å². The van der Waals surface area contributed by atoms with E-state index in [0.717, 1.165) is 52.8 Å². The second-order valence-electron chi connectivity index (χ2n) is 5.82. The molecule has 1 aliphatic heterocycles. The first-order chi connectivity index (χ1) is 11.2. The standard InChI is InChI=1S/C17H17ClN4S/c1-21-6-8-22(9-7-21)16-15-14(10-23-17(15)20-11-19-16)12-2-4-13(18)5-3-12/h2-5,10-11H,6-9H2,1H3. The van der Waals surface area contributed by atoms with Crippen LogP contribution in [0.3, 0.4) is 0 Å². The summed E-state index contributed by atoms with van der Waals surface area (Å²) < 4.78 is 0. The fourth-order valence-corrected chi connectivity index (χ4v) is 4.00. The van der Waals surface area contributed by atoms with Crippen molar-refractivity contribution in [1.82, 2.24) is 14.9 Å². The number of halogens is 1. The predicted molar refractivity (Wildman–Crippen MR) is 97.6 cm³/mol. The lowest BCUT2D eigenvalue weighted by atomic mass is 10.1. The number of anilines is 1. The first kappa shape index (κ1) is 14.9. The van der Waals surface area contributed by atoms with Crippen LogP contribution in [-0.2, 0) is 0 Å². The molecular formula is C17H17ClN4S. The van der Waals surface area contributed by atoms with Crippen LogP contribution in [0.5, 0.6) is 0 Å². The van der Waals surface area contributed by atoms with Gasteiger partial charge in [0, 0.05) is 42.1 Å². The summed E-state index contributed by atoms with van der Waals surface area (Å²) in [6.45, 7) is 4.12. The molecule has 0 N–H and O–H groups in total. The SMILES string of the molecule is CN1CCN(c2ncnc3scc(-c4ccc(Cl)cc4)c23)CC1. The first-order valence-corrected chi connectivity index (χ1v) is 8.90. The van der Waals surface area contributed by atoms with Gasteiger partial charge in [-0.15, -0.1) is 11.3 Å². The highest BCUT2D eigenvalue weighted by atomic mass is 35.5. The fourth-order valence-electron chi connectivity index (χ4n) is 2.96. The van der Waals surface area contributed by atoms with Gasteiger partial charge in [0.05, 0.1) is 5.39 Å². The van der Waals surface area contributed by atoms with Gasteiger partial charge in [-0.25, -0.2) is 9.97 Å². The van der Waals surface area contributed by atoms with Gasteiger partial charge < -0.3 is 9.80 Å². The van der Waals surface area contributed by atoms with Crippen molar-refractivity contribution in [3.05, 3.63) is 41.0 Å². The fraction of sp³-hybridized carbons (Fsp3) is 0.294. The summed E-state index contributed by atoms with van der Waals surface area (Å²) >= 11 is 7.69. The molecule has 3 aromatic rings. The number of benzene rings is 1. The van der Waals surface area contributed by atoms with E-state index in [1.54, 1.807) is 17.7 Å². The zero-order valence-electron chi connectivity index (χ0n) is 12.9. The Balaban J connectivity index is 1.82. The third kappa shape index (κ3) is 2.80. The van der Waals surface area contributed by atoms with Crippen molar-refractivity contribution in [1.29, 1.82) is 0 Å². The Kier molecular flexibility index (Phi) is 3.93. The smallest absolute Gasteiger partial charge is 0.141 e. The molecule has 0 atom stereocenters. The summed E-state index contributed by atoms with van der Waals surface area (Å²) in [5.74, 6) is 1.05. The molecule has 4 nitrogen and oxygen atoms in total. The number of thiophene rings is 1. The number of fused-ring (bicyclic) bond motifs is 1. The van der Waals surface area contributed by atoms with Crippen LogP contribution < -0.4 is 4.90 Å². The summed E-state index contributed by atoms with van der Waals surface area (Å²) in [4.78, 5) is 14.8. The van der Waals surface area contributed by atoms with Crippen LogP contribution in [0.15, 0.2) is 36.0 Å². The molecule has 118 valence electrons. The van der Waals surface area contributed by atoms with Crippen molar-refractivity contribution in [2.45, 2.75) is 0 Å². The third-order valence-corrected chi connectivity index (χ3v) is 5.45. The van der Waals surface area contributed by atoms with E-state index in [-0.39, 0.29) is 0 Å². The Bertz CT molecular complexity index is 822. The summed E-state index contributed by atoms with van der Waals surface area (Å²) in [5, 5.41) is 4.08. The number of piperazine rings is 1. The first-order valence-electron chi connectivity index (χ1n) is 7.64. The van der Waals surface area contributed by atoms with E-state index in [2.05, 4.69) is 44.3 Å². The highest BCUT2D eigenvalue weighted by molar-refractivity contribution is 7.17. The van der Waals surface area contributed by atoms with E-state index >= 15 is 0 Å². The molecule has 0 amide bonds. The van der Waals surface area contributed by atoms with Crippen molar-refractivity contribution in [2.24, 2.45) is 0 Å². The van der Waals surface area contributed by atoms with Crippen LogP contribution in [0, 0.1) is 0 Å². The van der Waals surface area contributed by atoms with Gasteiger partial charge >= 0.3 is 0 Å². The Morgan fingerprint density at radius 1 is 1.04 bits per heavy atom. The van der Waals surface area contributed by atoms with E-state index in [0.29, 0.717) is 0 Å². The van der Waals surface area contributed by atoms with Crippen molar-refractivity contribution in [3.8, 4) is 11.1 Å². The number of rotatable bonds is 2. The Labute approximate surface area is 144 Å². The molecule has 0 unspecified atom stereocenters. The number of hydrogen-bond donors (Lipinski definition) is 0. The molecule has 1 aromatic carbocycles. The van der Waals surface area contributed by atoms with Gasteiger partial charge in [-0.3, -0.25) is 0 Å². The second kappa shape index (κ2) is 6.07. The Hall–Kier alpha value is -1.69. The van der Waals surface area contributed by atoms with E-state index in [1.807, 2.05) is 12.1 Å². The van der Waals surface area contributed by atoms with Crippen LogP contribution in [0.25, 0.3) is 21.3 Å². The lowest BCUT2D eigenvalue weighted by Crippen LogP contribution is -2.44. The van der Waals surface area contributed by atoms with Gasteiger partial charge in [0.15, 0.2) is 0 Å². The summed E-state index contributed by atoms with van der Waals surface area (Å²) in [5.41, 5.74) is 2.35. The maximum atomic E-state index is 6.02. The summed E-state index contributed by atoms with van der Waals surface area (Å²) in [7, 11) is 2.16. The normalized spacial score (nSPS) is 16.2. The molecule has 1 saturated heterocycles. The van der Waals surface area contributed by atoms with Gasteiger partial charge in [0.2, 0.25) is 0 Å².